The van der Waals surface area contributed by atoms with Gasteiger partial charge in [0.1, 0.15) is 0 Å². The first kappa shape index (κ1) is 18.9. The van der Waals surface area contributed by atoms with E-state index in [1.807, 2.05) is 55.5 Å². The molecule has 0 aliphatic rings. The Bertz CT molecular complexity index is 655. The fourth-order valence-electron chi connectivity index (χ4n) is 2.46. The first-order valence-electron chi connectivity index (χ1n) is 8.68. The Morgan fingerprint density at radius 1 is 0.960 bits per heavy atom. The molecule has 2 rings (SSSR count). The number of rotatable bonds is 10. The number of ether oxygens (including phenoxy) is 1. The van der Waals surface area contributed by atoms with E-state index in [2.05, 4.69) is 5.32 Å². The molecule has 132 valence electrons. The molecular weight excluding hydrogens is 314 g/mol. The Morgan fingerprint density at radius 3 is 2.28 bits per heavy atom. The molecule has 1 amide bonds. The largest absolute Gasteiger partial charge is 0.374 e. The van der Waals surface area contributed by atoms with Crippen LogP contribution in [0.3, 0.4) is 0 Å². The maximum atomic E-state index is 11.9. The molecule has 4 nitrogen and oxygen atoms in total. The average Bonchev–Trinajstić information content (AvgIpc) is 2.67. The van der Waals surface area contributed by atoms with E-state index >= 15 is 0 Å². The molecule has 4 heteroatoms. The summed E-state index contributed by atoms with van der Waals surface area (Å²) in [6, 6.07) is 19.1. The monoisotopic (exact) mass is 339 g/mol. The van der Waals surface area contributed by atoms with E-state index in [4.69, 9.17) is 4.74 Å². The number of benzene rings is 2. The maximum Gasteiger partial charge on any atom is 0.220 e. The van der Waals surface area contributed by atoms with Gasteiger partial charge >= 0.3 is 0 Å². The molecule has 0 fully saturated rings. The zero-order valence-corrected chi connectivity index (χ0v) is 14.6. The third-order valence-corrected chi connectivity index (χ3v) is 3.96. The van der Waals surface area contributed by atoms with Crippen LogP contribution in [-0.4, -0.2) is 24.8 Å². The first-order valence-corrected chi connectivity index (χ1v) is 8.68. The number of Topliss-reactive ketones (excluding diaryl/α,β-unsaturated/α-hetero) is 1. The van der Waals surface area contributed by atoms with Crippen molar-refractivity contribution in [1.82, 2.24) is 5.32 Å². The Kier molecular flexibility index (Phi) is 7.86. The van der Waals surface area contributed by atoms with Gasteiger partial charge in [0.15, 0.2) is 5.78 Å². The molecule has 0 saturated heterocycles. The van der Waals surface area contributed by atoms with Crippen molar-refractivity contribution in [2.24, 2.45) is 0 Å². The highest BCUT2D eigenvalue weighted by atomic mass is 16.5. The molecule has 0 aliphatic carbocycles. The molecular formula is C21H25NO3. The van der Waals surface area contributed by atoms with E-state index in [0.717, 1.165) is 12.0 Å². The summed E-state index contributed by atoms with van der Waals surface area (Å²) in [5.74, 6) is -0.101. The normalized spacial score (nSPS) is 11.7. The van der Waals surface area contributed by atoms with E-state index in [1.165, 1.54) is 0 Å². The summed E-state index contributed by atoms with van der Waals surface area (Å²) >= 11 is 0. The molecule has 0 radical (unpaired) electrons. The summed E-state index contributed by atoms with van der Waals surface area (Å²) in [5, 5.41) is 2.83. The first-order chi connectivity index (χ1) is 12.2. The second-order valence-electron chi connectivity index (χ2n) is 5.92. The molecule has 0 bridgehead atoms. The van der Waals surface area contributed by atoms with Crippen molar-refractivity contribution in [3.63, 3.8) is 0 Å². The molecule has 0 spiro atoms. The smallest absolute Gasteiger partial charge is 0.220 e. The number of nitrogens with one attached hydrogen (secondary N) is 1. The molecule has 1 atom stereocenters. The van der Waals surface area contributed by atoms with Gasteiger partial charge in [-0.3, -0.25) is 9.59 Å². The molecule has 0 aliphatic heterocycles. The number of carbonyl (C=O) groups excluding carboxylic acids is 2. The van der Waals surface area contributed by atoms with Gasteiger partial charge in [0, 0.05) is 31.6 Å². The summed E-state index contributed by atoms with van der Waals surface area (Å²) in [6.07, 6.45) is 1.24. The lowest BCUT2D eigenvalue weighted by molar-refractivity contribution is -0.121. The molecule has 0 aromatic heterocycles. The lowest BCUT2D eigenvalue weighted by Crippen LogP contribution is -2.25. The van der Waals surface area contributed by atoms with Gasteiger partial charge in [-0.25, -0.2) is 0 Å². The van der Waals surface area contributed by atoms with Crippen LogP contribution in [0.4, 0.5) is 0 Å². The summed E-state index contributed by atoms with van der Waals surface area (Å²) in [7, 11) is 0. The topological polar surface area (TPSA) is 55.4 Å². The fraction of sp³-hybridized carbons (Fsp3) is 0.333. The SMILES string of the molecule is CC(OCCCNC(=O)CCC(=O)c1ccccc1)c1ccccc1. The minimum absolute atomic E-state index is 0.00392. The van der Waals surface area contributed by atoms with Gasteiger partial charge in [-0.1, -0.05) is 60.7 Å². The van der Waals surface area contributed by atoms with Crippen molar-refractivity contribution < 1.29 is 14.3 Å². The Hall–Kier alpha value is -2.46. The van der Waals surface area contributed by atoms with Gasteiger partial charge in [0.2, 0.25) is 5.91 Å². The van der Waals surface area contributed by atoms with E-state index in [9.17, 15) is 9.59 Å². The Labute approximate surface area is 149 Å². The standard InChI is InChI=1S/C21H25NO3/c1-17(18-9-4-2-5-10-18)25-16-8-15-22-21(24)14-13-20(23)19-11-6-3-7-12-19/h2-7,9-12,17H,8,13-16H2,1H3,(H,22,24). The highest BCUT2D eigenvalue weighted by Gasteiger charge is 2.09. The van der Waals surface area contributed by atoms with E-state index < -0.39 is 0 Å². The molecule has 25 heavy (non-hydrogen) atoms. The highest BCUT2D eigenvalue weighted by Crippen LogP contribution is 2.15. The van der Waals surface area contributed by atoms with Gasteiger partial charge < -0.3 is 10.1 Å². The summed E-state index contributed by atoms with van der Waals surface area (Å²) in [4.78, 5) is 23.7. The van der Waals surface area contributed by atoms with Crippen molar-refractivity contribution in [3.05, 3.63) is 71.8 Å². The summed E-state index contributed by atoms with van der Waals surface area (Å²) in [6.45, 7) is 3.16. The van der Waals surface area contributed by atoms with Crippen LogP contribution in [0.5, 0.6) is 0 Å². The second kappa shape index (κ2) is 10.4. The summed E-state index contributed by atoms with van der Waals surface area (Å²) < 4.78 is 5.76. The maximum absolute atomic E-state index is 11.9. The number of amides is 1. The Balaban J connectivity index is 1.56. The van der Waals surface area contributed by atoms with Crippen LogP contribution in [0.2, 0.25) is 0 Å². The second-order valence-corrected chi connectivity index (χ2v) is 5.92. The van der Waals surface area contributed by atoms with Crippen LogP contribution >= 0.6 is 0 Å². The average molecular weight is 339 g/mol. The van der Waals surface area contributed by atoms with Crippen molar-refractivity contribution in [3.8, 4) is 0 Å². The molecule has 2 aromatic rings. The van der Waals surface area contributed by atoms with E-state index in [-0.39, 0.29) is 30.6 Å². The molecule has 0 saturated carbocycles. The van der Waals surface area contributed by atoms with Crippen molar-refractivity contribution in [2.75, 3.05) is 13.2 Å². The zero-order chi connectivity index (χ0) is 17.9. The number of carbonyl (C=O) groups is 2. The molecule has 2 aromatic carbocycles. The van der Waals surface area contributed by atoms with Crippen molar-refractivity contribution in [2.45, 2.75) is 32.3 Å². The lowest BCUT2D eigenvalue weighted by atomic mass is 10.1. The third-order valence-electron chi connectivity index (χ3n) is 3.96. The van der Waals surface area contributed by atoms with Crippen LogP contribution in [0, 0.1) is 0 Å². The van der Waals surface area contributed by atoms with Crippen LogP contribution in [0.25, 0.3) is 0 Å². The highest BCUT2D eigenvalue weighted by molar-refractivity contribution is 5.97. The van der Waals surface area contributed by atoms with Crippen LogP contribution in [-0.2, 0) is 9.53 Å². The van der Waals surface area contributed by atoms with Crippen LogP contribution < -0.4 is 5.32 Å². The van der Waals surface area contributed by atoms with Crippen molar-refractivity contribution >= 4 is 11.7 Å². The molecule has 1 unspecified atom stereocenters. The van der Waals surface area contributed by atoms with Gasteiger partial charge in [-0.2, -0.15) is 0 Å². The van der Waals surface area contributed by atoms with Gasteiger partial charge in [-0.15, -0.1) is 0 Å². The minimum atomic E-state index is -0.0969. The summed E-state index contributed by atoms with van der Waals surface area (Å²) in [5.41, 5.74) is 1.80. The Morgan fingerprint density at radius 2 is 1.60 bits per heavy atom. The zero-order valence-electron chi connectivity index (χ0n) is 14.6. The minimum Gasteiger partial charge on any atom is -0.374 e. The van der Waals surface area contributed by atoms with E-state index in [1.54, 1.807) is 12.1 Å². The van der Waals surface area contributed by atoms with Crippen LogP contribution in [0.1, 0.15) is 48.2 Å². The number of hydrogen-bond acceptors (Lipinski definition) is 3. The van der Waals surface area contributed by atoms with Gasteiger partial charge in [0.05, 0.1) is 6.10 Å². The predicted molar refractivity (Wildman–Crippen MR) is 98.4 cm³/mol. The van der Waals surface area contributed by atoms with Gasteiger partial charge in [0.25, 0.3) is 0 Å². The predicted octanol–water partition coefficient (Wildman–Crippen LogP) is 3.93. The fourth-order valence-corrected chi connectivity index (χ4v) is 2.46. The lowest BCUT2D eigenvalue weighted by Gasteiger charge is -2.13. The molecule has 0 heterocycles. The number of ketones is 1. The number of hydrogen-bond donors (Lipinski definition) is 1. The van der Waals surface area contributed by atoms with Crippen LogP contribution in [0.15, 0.2) is 60.7 Å². The van der Waals surface area contributed by atoms with Crippen molar-refractivity contribution in [1.29, 1.82) is 0 Å². The van der Waals surface area contributed by atoms with E-state index in [0.29, 0.717) is 18.7 Å². The third kappa shape index (κ3) is 6.89. The molecule has 1 N–H and O–H groups in total. The quantitative estimate of drug-likeness (QED) is 0.527. The van der Waals surface area contributed by atoms with Gasteiger partial charge in [-0.05, 0) is 18.9 Å².